The highest BCUT2D eigenvalue weighted by atomic mass is 32.1. The summed E-state index contributed by atoms with van der Waals surface area (Å²) in [6.07, 6.45) is 0. The highest BCUT2D eigenvalue weighted by molar-refractivity contribution is 7.80. The Morgan fingerprint density at radius 3 is 2.85 bits per heavy atom. The molecule has 0 aliphatic heterocycles. The average molecular weight is 200 g/mol. The van der Waals surface area contributed by atoms with E-state index in [1.165, 1.54) is 12.1 Å². The van der Waals surface area contributed by atoms with E-state index in [1.54, 1.807) is 6.92 Å². The van der Waals surface area contributed by atoms with Crippen molar-refractivity contribution in [3.8, 4) is 0 Å². The summed E-state index contributed by atoms with van der Waals surface area (Å²) in [5, 5.41) is 0. The van der Waals surface area contributed by atoms with Gasteiger partial charge in [0, 0.05) is 4.90 Å². The molecule has 0 bridgehead atoms. The normalized spacial score (nSPS) is 9.77. The van der Waals surface area contributed by atoms with Gasteiger partial charge >= 0.3 is 5.97 Å². The molecule has 0 unspecified atom stereocenters. The van der Waals surface area contributed by atoms with Crippen LogP contribution in [0.2, 0.25) is 0 Å². The van der Waals surface area contributed by atoms with E-state index in [-0.39, 0.29) is 17.1 Å². The third kappa shape index (κ3) is 2.45. The maximum atomic E-state index is 12.9. The number of halogens is 1. The Morgan fingerprint density at radius 1 is 1.62 bits per heavy atom. The van der Waals surface area contributed by atoms with E-state index in [0.29, 0.717) is 0 Å². The summed E-state index contributed by atoms with van der Waals surface area (Å²) in [7, 11) is 0. The standard InChI is InChI=1S/C9H9FO2S/c1-2-12-9(11)6-3-4-8(13)7(10)5-6/h3-5,13H,2H2,1H3. The monoisotopic (exact) mass is 200 g/mol. The molecule has 0 radical (unpaired) electrons. The molecule has 70 valence electrons. The van der Waals surface area contributed by atoms with Crippen molar-refractivity contribution in [2.45, 2.75) is 11.8 Å². The first kappa shape index (κ1) is 10.1. The third-order valence-electron chi connectivity index (χ3n) is 1.46. The van der Waals surface area contributed by atoms with Gasteiger partial charge in [-0.25, -0.2) is 9.18 Å². The summed E-state index contributed by atoms with van der Waals surface area (Å²) in [5.74, 6) is -1.04. The SMILES string of the molecule is CCOC(=O)c1ccc(S)c(F)c1. The summed E-state index contributed by atoms with van der Waals surface area (Å²) < 4.78 is 17.6. The summed E-state index contributed by atoms with van der Waals surface area (Å²) in [5.41, 5.74) is 0.206. The van der Waals surface area contributed by atoms with Crippen molar-refractivity contribution < 1.29 is 13.9 Å². The number of carbonyl (C=O) groups excluding carboxylic acids is 1. The van der Waals surface area contributed by atoms with Crippen molar-refractivity contribution in [2.75, 3.05) is 6.61 Å². The topological polar surface area (TPSA) is 26.3 Å². The fraction of sp³-hybridized carbons (Fsp3) is 0.222. The fourth-order valence-corrected chi connectivity index (χ4v) is 0.987. The van der Waals surface area contributed by atoms with Gasteiger partial charge in [0.15, 0.2) is 0 Å². The van der Waals surface area contributed by atoms with Crippen molar-refractivity contribution in [2.24, 2.45) is 0 Å². The third-order valence-corrected chi connectivity index (χ3v) is 1.82. The molecule has 0 spiro atoms. The second-order valence-electron chi connectivity index (χ2n) is 2.39. The first-order valence-electron chi connectivity index (χ1n) is 3.80. The van der Waals surface area contributed by atoms with Gasteiger partial charge in [-0.1, -0.05) is 0 Å². The zero-order valence-electron chi connectivity index (χ0n) is 7.08. The number of ether oxygens (including phenoxy) is 1. The first-order chi connectivity index (χ1) is 6.15. The molecule has 1 aromatic carbocycles. The van der Waals surface area contributed by atoms with Gasteiger partial charge in [0.05, 0.1) is 12.2 Å². The lowest BCUT2D eigenvalue weighted by atomic mass is 10.2. The van der Waals surface area contributed by atoms with E-state index < -0.39 is 11.8 Å². The molecule has 0 heterocycles. The van der Waals surface area contributed by atoms with Crippen LogP contribution in [0.25, 0.3) is 0 Å². The second-order valence-corrected chi connectivity index (χ2v) is 2.87. The molecular formula is C9H9FO2S. The van der Waals surface area contributed by atoms with Crippen LogP contribution in [0.1, 0.15) is 17.3 Å². The quantitative estimate of drug-likeness (QED) is 0.585. The molecule has 0 atom stereocenters. The molecule has 2 nitrogen and oxygen atoms in total. The van der Waals surface area contributed by atoms with Crippen LogP contribution in [0.5, 0.6) is 0 Å². The van der Waals surface area contributed by atoms with Crippen molar-refractivity contribution in [3.63, 3.8) is 0 Å². The smallest absolute Gasteiger partial charge is 0.338 e. The number of thiol groups is 1. The highest BCUT2D eigenvalue weighted by Crippen LogP contribution is 2.14. The molecule has 0 amide bonds. The minimum atomic E-state index is -0.520. The van der Waals surface area contributed by atoms with Crippen LogP contribution < -0.4 is 0 Å². The Labute approximate surface area is 81.1 Å². The van der Waals surface area contributed by atoms with Gasteiger partial charge in [0.25, 0.3) is 0 Å². The molecule has 0 saturated carbocycles. The van der Waals surface area contributed by atoms with E-state index in [2.05, 4.69) is 12.6 Å². The number of benzene rings is 1. The van der Waals surface area contributed by atoms with E-state index in [1.807, 2.05) is 0 Å². The number of rotatable bonds is 2. The van der Waals surface area contributed by atoms with Crippen LogP contribution in [0.15, 0.2) is 23.1 Å². The number of hydrogen-bond donors (Lipinski definition) is 1. The average Bonchev–Trinajstić information content (AvgIpc) is 2.10. The van der Waals surface area contributed by atoms with Crippen molar-refractivity contribution in [1.29, 1.82) is 0 Å². The minimum Gasteiger partial charge on any atom is -0.462 e. The summed E-state index contributed by atoms with van der Waals surface area (Å²) >= 11 is 3.84. The Bertz CT molecular complexity index is 325. The largest absolute Gasteiger partial charge is 0.462 e. The molecule has 1 aromatic rings. The minimum absolute atomic E-state index is 0.206. The van der Waals surface area contributed by atoms with Crippen LogP contribution in [-0.2, 0) is 4.74 Å². The zero-order chi connectivity index (χ0) is 9.84. The molecular weight excluding hydrogens is 191 g/mol. The molecule has 13 heavy (non-hydrogen) atoms. The van der Waals surface area contributed by atoms with Gasteiger partial charge in [0.2, 0.25) is 0 Å². The van der Waals surface area contributed by atoms with Crippen molar-refractivity contribution >= 4 is 18.6 Å². The van der Waals surface area contributed by atoms with Gasteiger partial charge in [-0.3, -0.25) is 0 Å². The van der Waals surface area contributed by atoms with Crippen LogP contribution in [0, 0.1) is 5.82 Å². The summed E-state index contributed by atoms with van der Waals surface area (Å²) in [6, 6.07) is 4.01. The lowest BCUT2D eigenvalue weighted by molar-refractivity contribution is 0.0525. The number of esters is 1. The maximum absolute atomic E-state index is 12.9. The van der Waals surface area contributed by atoms with E-state index in [4.69, 9.17) is 4.74 Å². The van der Waals surface area contributed by atoms with Crippen molar-refractivity contribution in [1.82, 2.24) is 0 Å². The highest BCUT2D eigenvalue weighted by Gasteiger charge is 2.08. The molecule has 0 aliphatic rings. The summed E-state index contributed by atoms with van der Waals surface area (Å²) in [4.78, 5) is 11.3. The van der Waals surface area contributed by atoms with Crippen LogP contribution in [-0.4, -0.2) is 12.6 Å². The lowest BCUT2D eigenvalue weighted by Gasteiger charge is -2.02. The molecule has 0 aliphatic carbocycles. The Morgan fingerprint density at radius 2 is 2.31 bits per heavy atom. The Kier molecular flexibility index (Phi) is 3.31. The molecule has 0 fully saturated rings. The van der Waals surface area contributed by atoms with Crippen molar-refractivity contribution in [3.05, 3.63) is 29.6 Å². The predicted molar refractivity (Wildman–Crippen MR) is 49.6 cm³/mol. The molecule has 0 N–H and O–H groups in total. The molecule has 0 saturated heterocycles. The molecule has 4 heteroatoms. The predicted octanol–water partition coefficient (Wildman–Crippen LogP) is 2.29. The van der Waals surface area contributed by atoms with Crippen LogP contribution in [0.4, 0.5) is 4.39 Å². The van der Waals surface area contributed by atoms with Gasteiger partial charge in [-0.2, -0.15) is 0 Å². The zero-order valence-corrected chi connectivity index (χ0v) is 7.98. The van der Waals surface area contributed by atoms with E-state index in [9.17, 15) is 9.18 Å². The second kappa shape index (κ2) is 4.28. The molecule has 0 aromatic heterocycles. The lowest BCUT2D eigenvalue weighted by Crippen LogP contribution is -2.04. The van der Waals surface area contributed by atoms with Gasteiger partial charge in [-0.05, 0) is 25.1 Å². The number of carbonyl (C=O) groups is 1. The van der Waals surface area contributed by atoms with E-state index in [0.717, 1.165) is 6.07 Å². The van der Waals surface area contributed by atoms with Gasteiger partial charge < -0.3 is 4.74 Å². The maximum Gasteiger partial charge on any atom is 0.338 e. The van der Waals surface area contributed by atoms with Crippen LogP contribution >= 0.6 is 12.6 Å². The van der Waals surface area contributed by atoms with E-state index >= 15 is 0 Å². The molecule has 1 rings (SSSR count). The first-order valence-corrected chi connectivity index (χ1v) is 4.25. The summed E-state index contributed by atoms with van der Waals surface area (Å²) in [6.45, 7) is 1.98. The Hall–Kier alpha value is -1.03. The Balaban J connectivity index is 2.90. The van der Waals surface area contributed by atoms with Gasteiger partial charge in [-0.15, -0.1) is 12.6 Å². The van der Waals surface area contributed by atoms with Crippen LogP contribution in [0.3, 0.4) is 0 Å². The number of hydrogen-bond acceptors (Lipinski definition) is 3. The van der Waals surface area contributed by atoms with Gasteiger partial charge in [0.1, 0.15) is 5.82 Å². The fourth-order valence-electron chi connectivity index (χ4n) is 0.848.